The third-order valence-corrected chi connectivity index (χ3v) is 7.19. The van der Waals surface area contributed by atoms with Gasteiger partial charge in [-0.3, -0.25) is 0 Å². The SMILES string of the molecule is CC1(C)c2ccccc2-c2ccc(N(c3ccc(C(=O)O)cc3)c3ccc4ccccc4c3)cc21. The van der Waals surface area contributed by atoms with E-state index in [1.165, 1.54) is 27.6 Å². The summed E-state index contributed by atoms with van der Waals surface area (Å²) in [5, 5.41) is 11.7. The second-order valence-corrected chi connectivity index (χ2v) is 9.62. The van der Waals surface area contributed by atoms with Crippen LogP contribution in [0.5, 0.6) is 0 Å². The number of hydrogen-bond donors (Lipinski definition) is 1. The van der Waals surface area contributed by atoms with E-state index in [9.17, 15) is 9.90 Å². The Hall–Kier alpha value is -4.37. The van der Waals surface area contributed by atoms with Crippen LogP contribution < -0.4 is 4.90 Å². The molecule has 6 rings (SSSR count). The monoisotopic (exact) mass is 455 g/mol. The van der Waals surface area contributed by atoms with Gasteiger partial charge in [-0.05, 0) is 81.6 Å². The van der Waals surface area contributed by atoms with Crippen molar-refractivity contribution in [3.63, 3.8) is 0 Å². The molecule has 5 aromatic rings. The number of nitrogens with zero attached hydrogens (tertiary/aromatic N) is 1. The number of carbonyl (C=O) groups is 1. The van der Waals surface area contributed by atoms with Gasteiger partial charge in [0.15, 0.2) is 0 Å². The standard InChI is InChI=1S/C32H25NO2/c1-32(2)29-10-6-5-9-27(29)28-18-17-26(20-30(28)32)33(24-14-12-22(13-15-24)31(34)35)25-16-11-21-7-3-4-8-23(21)19-25/h3-20H,1-2H3,(H,34,35). The zero-order valence-corrected chi connectivity index (χ0v) is 19.7. The molecule has 0 fully saturated rings. The Kier molecular flexibility index (Phi) is 4.75. The van der Waals surface area contributed by atoms with Crippen LogP contribution in [0.15, 0.2) is 109 Å². The Morgan fingerprint density at radius 2 is 1.23 bits per heavy atom. The van der Waals surface area contributed by atoms with Crippen molar-refractivity contribution in [2.24, 2.45) is 0 Å². The molecule has 0 saturated heterocycles. The first kappa shape index (κ1) is 21.2. The molecule has 0 amide bonds. The third kappa shape index (κ3) is 3.39. The van der Waals surface area contributed by atoms with Crippen LogP contribution in [0.3, 0.4) is 0 Å². The van der Waals surface area contributed by atoms with E-state index in [0.29, 0.717) is 0 Å². The van der Waals surface area contributed by atoms with E-state index < -0.39 is 5.97 Å². The summed E-state index contributed by atoms with van der Waals surface area (Å²) in [6.45, 7) is 4.56. The normalized spacial score (nSPS) is 13.3. The highest BCUT2D eigenvalue weighted by Crippen LogP contribution is 2.50. The largest absolute Gasteiger partial charge is 0.478 e. The summed E-state index contributed by atoms with van der Waals surface area (Å²) in [7, 11) is 0. The second-order valence-electron chi connectivity index (χ2n) is 9.62. The molecule has 170 valence electrons. The molecule has 5 aromatic carbocycles. The Morgan fingerprint density at radius 3 is 2.00 bits per heavy atom. The van der Waals surface area contributed by atoms with Crippen molar-refractivity contribution in [1.82, 2.24) is 0 Å². The van der Waals surface area contributed by atoms with E-state index >= 15 is 0 Å². The molecule has 3 heteroatoms. The van der Waals surface area contributed by atoms with Gasteiger partial charge >= 0.3 is 5.97 Å². The van der Waals surface area contributed by atoms with Gasteiger partial charge in [-0.15, -0.1) is 0 Å². The molecule has 0 radical (unpaired) electrons. The molecule has 0 atom stereocenters. The average Bonchev–Trinajstić information content (AvgIpc) is 3.11. The maximum atomic E-state index is 11.5. The minimum absolute atomic E-state index is 0.107. The minimum atomic E-state index is -0.925. The first-order valence-electron chi connectivity index (χ1n) is 11.8. The van der Waals surface area contributed by atoms with E-state index in [2.05, 4.69) is 91.5 Å². The Labute approximate surface area is 204 Å². The topological polar surface area (TPSA) is 40.5 Å². The van der Waals surface area contributed by atoms with Crippen LogP contribution >= 0.6 is 0 Å². The van der Waals surface area contributed by atoms with E-state index in [4.69, 9.17) is 0 Å². The van der Waals surface area contributed by atoms with Gasteiger partial charge in [0.25, 0.3) is 0 Å². The van der Waals surface area contributed by atoms with E-state index in [0.717, 1.165) is 22.4 Å². The molecule has 1 N–H and O–H groups in total. The van der Waals surface area contributed by atoms with Gasteiger partial charge in [-0.25, -0.2) is 4.79 Å². The summed E-state index contributed by atoms with van der Waals surface area (Å²) in [5.74, 6) is -0.925. The fourth-order valence-electron chi connectivity index (χ4n) is 5.35. The molecule has 0 aliphatic heterocycles. The smallest absolute Gasteiger partial charge is 0.335 e. The summed E-state index contributed by atoms with van der Waals surface area (Å²) < 4.78 is 0. The van der Waals surface area contributed by atoms with Crippen LogP contribution in [0, 0.1) is 0 Å². The van der Waals surface area contributed by atoms with Gasteiger partial charge < -0.3 is 10.0 Å². The molecule has 0 bridgehead atoms. The van der Waals surface area contributed by atoms with E-state index in [-0.39, 0.29) is 11.0 Å². The van der Waals surface area contributed by atoms with Gasteiger partial charge in [-0.1, -0.05) is 74.5 Å². The molecule has 0 saturated carbocycles. The number of rotatable bonds is 4. The number of carboxylic acids is 1. The van der Waals surface area contributed by atoms with Crippen LogP contribution in [-0.2, 0) is 5.41 Å². The van der Waals surface area contributed by atoms with Gasteiger partial charge in [0, 0.05) is 22.5 Å². The number of hydrogen-bond acceptors (Lipinski definition) is 2. The lowest BCUT2D eigenvalue weighted by molar-refractivity contribution is 0.0697. The zero-order valence-electron chi connectivity index (χ0n) is 19.7. The molecule has 1 aliphatic rings. The molecule has 35 heavy (non-hydrogen) atoms. The molecule has 0 spiro atoms. The summed E-state index contributed by atoms with van der Waals surface area (Å²) in [6.07, 6.45) is 0. The molecule has 3 nitrogen and oxygen atoms in total. The number of benzene rings is 5. The summed E-state index contributed by atoms with van der Waals surface area (Å²) in [5.41, 5.74) is 8.36. The summed E-state index contributed by atoms with van der Waals surface area (Å²) in [4.78, 5) is 13.7. The fourth-order valence-corrected chi connectivity index (χ4v) is 5.35. The maximum Gasteiger partial charge on any atom is 0.335 e. The quantitative estimate of drug-likeness (QED) is 0.296. The van der Waals surface area contributed by atoms with E-state index in [1.54, 1.807) is 12.1 Å². The van der Waals surface area contributed by atoms with Crippen LogP contribution in [0.25, 0.3) is 21.9 Å². The van der Waals surface area contributed by atoms with Crippen LogP contribution in [0.4, 0.5) is 17.1 Å². The van der Waals surface area contributed by atoms with Gasteiger partial charge in [0.2, 0.25) is 0 Å². The van der Waals surface area contributed by atoms with Crippen molar-refractivity contribution < 1.29 is 9.90 Å². The van der Waals surface area contributed by atoms with Crippen LogP contribution in [0.2, 0.25) is 0 Å². The van der Waals surface area contributed by atoms with Crippen molar-refractivity contribution >= 4 is 33.8 Å². The van der Waals surface area contributed by atoms with Gasteiger partial charge in [0.05, 0.1) is 5.56 Å². The lowest BCUT2D eigenvalue weighted by Crippen LogP contribution is -2.16. The Morgan fingerprint density at radius 1 is 0.629 bits per heavy atom. The van der Waals surface area contributed by atoms with Gasteiger partial charge in [-0.2, -0.15) is 0 Å². The lowest BCUT2D eigenvalue weighted by atomic mass is 9.82. The van der Waals surface area contributed by atoms with Crippen molar-refractivity contribution in [2.45, 2.75) is 19.3 Å². The van der Waals surface area contributed by atoms with Crippen LogP contribution in [-0.4, -0.2) is 11.1 Å². The molecular weight excluding hydrogens is 430 g/mol. The number of carboxylic acid groups (broad SMARTS) is 1. The minimum Gasteiger partial charge on any atom is -0.478 e. The lowest BCUT2D eigenvalue weighted by Gasteiger charge is -2.28. The van der Waals surface area contributed by atoms with Gasteiger partial charge in [0.1, 0.15) is 0 Å². The molecule has 0 heterocycles. The third-order valence-electron chi connectivity index (χ3n) is 7.19. The summed E-state index contributed by atoms with van der Waals surface area (Å²) >= 11 is 0. The first-order chi connectivity index (χ1) is 16.9. The molecule has 0 unspecified atom stereocenters. The van der Waals surface area contributed by atoms with Crippen LogP contribution in [0.1, 0.15) is 35.3 Å². The number of aromatic carboxylic acids is 1. The van der Waals surface area contributed by atoms with Crippen molar-refractivity contribution in [1.29, 1.82) is 0 Å². The van der Waals surface area contributed by atoms with Crippen molar-refractivity contribution in [3.05, 3.63) is 126 Å². The van der Waals surface area contributed by atoms with E-state index in [1.807, 2.05) is 24.3 Å². The number of fused-ring (bicyclic) bond motifs is 4. The zero-order chi connectivity index (χ0) is 24.2. The Bertz CT molecular complexity index is 1600. The predicted octanol–water partition coefficient (Wildman–Crippen LogP) is 8.31. The van der Waals surface area contributed by atoms with Crippen molar-refractivity contribution in [3.8, 4) is 11.1 Å². The highest BCUT2D eigenvalue weighted by molar-refractivity contribution is 5.92. The maximum absolute atomic E-state index is 11.5. The Balaban J connectivity index is 1.54. The molecule has 1 aliphatic carbocycles. The predicted molar refractivity (Wildman–Crippen MR) is 143 cm³/mol. The summed E-state index contributed by atoms with van der Waals surface area (Å²) in [6, 6.07) is 37.2. The molecular formula is C32H25NO2. The number of anilines is 3. The highest BCUT2D eigenvalue weighted by Gasteiger charge is 2.35. The second kappa shape index (κ2) is 7.85. The first-order valence-corrected chi connectivity index (χ1v) is 11.8. The molecule has 0 aromatic heterocycles. The van der Waals surface area contributed by atoms with Crippen molar-refractivity contribution in [2.75, 3.05) is 4.90 Å². The highest BCUT2D eigenvalue weighted by atomic mass is 16.4. The fraction of sp³-hybridized carbons (Fsp3) is 0.0938. The average molecular weight is 456 g/mol.